The lowest BCUT2D eigenvalue weighted by Crippen LogP contribution is -2.45. The molecular weight excluding hydrogens is 451 g/mol. The summed E-state index contributed by atoms with van der Waals surface area (Å²) in [5.41, 5.74) is 9.35. The van der Waals surface area contributed by atoms with Crippen LogP contribution in [0.5, 0.6) is 5.88 Å². The van der Waals surface area contributed by atoms with Gasteiger partial charge in [-0.15, -0.1) is 0 Å². The molecule has 2 N–H and O–H groups in total. The Balaban J connectivity index is 1.63. The molecule has 182 valence electrons. The highest BCUT2D eigenvalue weighted by atomic mass is 19.1. The molecular formula is C25H27FN6O3. The number of rotatable bonds is 5. The maximum atomic E-state index is 14.5. The number of methoxy groups -OCH3 is 1. The van der Waals surface area contributed by atoms with E-state index in [1.54, 1.807) is 19.2 Å². The molecule has 1 aromatic carbocycles. The summed E-state index contributed by atoms with van der Waals surface area (Å²) in [5, 5.41) is 0. The number of fused-ring (bicyclic) bond motifs is 1. The number of carbonyl (C=O) groups is 1. The molecule has 35 heavy (non-hydrogen) atoms. The first-order chi connectivity index (χ1) is 16.9. The molecule has 3 aromatic rings. The summed E-state index contributed by atoms with van der Waals surface area (Å²) in [6.45, 7) is 3.68. The van der Waals surface area contributed by atoms with E-state index in [9.17, 15) is 9.18 Å². The van der Waals surface area contributed by atoms with Crippen LogP contribution in [-0.2, 0) is 11.2 Å². The van der Waals surface area contributed by atoms with E-state index in [2.05, 4.69) is 19.9 Å². The van der Waals surface area contributed by atoms with E-state index < -0.39 is 11.9 Å². The Hall–Kier alpha value is -3.66. The molecule has 1 atom stereocenters. The number of halogens is 1. The molecule has 2 aliphatic rings. The number of nitrogens with zero attached hydrogens (tertiary/aromatic N) is 5. The van der Waals surface area contributed by atoms with E-state index in [1.165, 1.54) is 25.4 Å². The Morgan fingerprint density at radius 3 is 2.77 bits per heavy atom. The molecule has 2 aliphatic heterocycles. The summed E-state index contributed by atoms with van der Waals surface area (Å²) < 4.78 is 25.2. The average molecular weight is 479 g/mol. The van der Waals surface area contributed by atoms with Crippen LogP contribution in [0.1, 0.15) is 46.2 Å². The van der Waals surface area contributed by atoms with E-state index in [0.29, 0.717) is 66.2 Å². The van der Waals surface area contributed by atoms with Crippen LogP contribution in [0.15, 0.2) is 30.6 Å². The normalized spacial score (nSPS) is 18.4. The SMILES string of the molecule is COc1cncc(-c2cc(F)ccc2[C@H]2Cc3nc(N)nc(C)c3C(=O)N2CC2CCOCC2)n1. The number of ether oxygens (including phenoxy) is 2. The van der Waals surface area contributed by atoms with Crippen molar-refractivity contribution < 1.29 is 18.7 Å². The second-order valence-electron chi connectivity index (χ2n) is 8.90. The molecule has 10 heteroatoms. The number of amides is 1. The van der Waals surface area contributed by atoms with Crippen LogP contribution < -0.4 is 10.5 Å². The lowest BCUT2D eigenvalue weighted by molar-refractivity contribution is 0.0357. The fourth-order valence-electron chi connectivity index (χ4n) is 4.97. The van der Waals surface area contributed by atoms with E-state index in [1.807, 2.05) is 4.90 Å². The third-order valence-corrected chi connectivity index (χ3v) is 6.69. The van der Waals surface area contributed by atoms with Gasteiger partial charge in [0.25, 0.3) is 5.91 Å². The minimum Gasteiger partial charge on any atom is -0.480 e. The predicted molar refractivity (Wildman–Crippen MR) is 126 cm³/mol. The van der Waals surface area contributed by atoms with Crippen molar-refractivity contribution in [2.24, 2.45) is 5.92 Å². The zero-order valence-corrected chi connectivity index (χ0v) is 19.7. The van der Waals surface area contributed by atoms with E-state index in [4.69, 9.17) is 15.2 Å². The number of aryl methyl sites for hydroxylation is 1. The van der Waals surface area contributed by atoms with Crippen molar-refractivity contribution in [3.63, 3.8) is 0 Å². The van der Waals surface area contributed by atoms with Gasteiger partial charge in [-0.1, -0.05) is 6.07 Å². The Labute approximate surface area is 202 Å². The van der Waals surface area contributed by atoms with Crippen molar-refractivity contribution in [3.05, 3.63) is 58.9 Å². The summed E-state index contributed by atoms with van der Waals surface area (Å²) in [6, 6.07) is 4.14. The van der Waals surface area contributed by atoms with Crippen LogP contribution in [0.2, 0.25) is 0 Å². The Kier molecular flexibility index (Phi) is 6.29. The number of aromatic nitrogens is 4. The number of hydrogen-bond donors (Lipinski definition) is 1. The Morgan fingerprint density at radius 2 is 2.00 bits per heavy atom. The highest BCUT2D eigenvalue weighted by Gasteiger charge is 2.38. The highest BCUT2D eigenvalue weighted by Crippen LogP contribution is 2.39. The average Bonchev–Trinajstić information content (AvgIpc) is 2.86. The van der Waals surface area contributed by atoms with Crippen LogP contribution in [0.25, 0.3) is 11.3 Å². The van der Waals surface area contributed by atoms with E-state index >= 15 is 0 Å². The molecule has 0 saturated carbocycles. The van der Waals surface area contributed by atoms with Crippen LogP contribution in [0.3, 0.4) is 0 Å². The zero-order chi connectivity index (χ0) is 24.5. The fourth-order valence-corrected chi connectivity index (χ4v) is 4.97. The molecule has 5 rings (SSSR count). The van der Waals surface area contributed by atoms with Gasteiger partial charge < -0.3 is 20.1 Å². The zero-order valence-electron chi connectivity index (χ0n) is 19.7. The maximum Gasteiger partial charge on any atom is 0.258 e. The molecule has 2 aromatic heterocycles. The van der Waals surface area contributed by atoms with Crippen LogP contribution in [-0.4, -0.2) is 57.6 Å². The van der Waals surface area contributed by atoms with Crippen molar-refractivity contribution in [2.45, 2.75) is 32.2 Å². The quantitative estimate of drug-likeness (QED) is 0.595. The second kappa shape index (κ2) is 9.53. The molecule has 0 radical (unpaired) electrons. The molecule has 9 nitrogen and oxygen atoms in total. The largest absolute Gasteiger partial charge is 0.480 e. The summed E-state index contributed by atoms with van der Waals surface area (Å²) in [6.07, 6.45) is 5.22. The van der Waals surface area contributed by atoms with Crippen molar-refractivity contribution >= 4 is 11.9 Å². The number of nitrogen functional groups attached to an aromatic ring is 1. The minimum atomic E-state index is -0.408. The van der Waals surface area contributed by atoms with Gasteiger partial charge in [-0.05, 0) is 43.4 Å². The molecule has 1 saturated heterocycles. The molecule has 4 heterocycles. The number of benzene rings is 1. The van der Waals surface area contributed by atoms with Crippen molar-refractivity contribution in [1.29, 1.82) is 0 Å². The van der Waals surface area contributed by atoms with Crippen LogP contribution >= 0.6 is 0 Å². The molecule has 0 unspecified atom stereocenters. The van der Waals surface area contributed by atoms with Gasteiger partial charge in [0.2, 0.25) is 11.8 Å². The number of anilines is 1. The van der Waals surface area contributed by atoms with Gasteiger partial charge >= 0.3 is 0 Å². The third kappa shape index (κ3) is 4.53. The van der Waals surface area contributed by atoms with Crippen molar-refractivity contribution in [3.8, 4) is 17.1 Å². The molecule has 0 aliphatic carbocycles. The molecule has 0 bridgehead atoms. The predicted octanol–water partition coefficient (Wildman–Crippen LogP) is 3.14. The second-order valence-corrected chi connectivity index (χ2v) is 8.90. The van der Waals surface area contributed by atoms with E-state index in [0.717, 1.165) is 18.4 Å². The van der Waals surface area contributed by atoms with Gasteiger partial charge in [0.15, 0.2) is 0 Å². The first-order valence-electron chi connectivity index (χ1n) is 11.6. The van der Waals surface area contributed by atoms with Crippen molar-refractivity contribution in [2.75, 3.05) is 32.6 Å². The summed E-state index contributed by atoms with van der Waals surface area (Å²) >= 11 is 0. The fraction of sp³-hybridized carbons (Fsp3) is 0.400. The third-order valence-electron chi connectivity index (χ3n) is 6.69. The highest BCUT2D eigenvalue weighted by molar-refractivity contribution is 5.98. The van der Waals surface area contributed by atoms with Gasteiger partial charge in [-0.25, -0.2) is 19.3 Å². The molecule has 1 amide bonds. The first kappa shape index (κ1) is 23.1. The van der Waals surface area contributed by atoms with Crippen LogP contribution in [0.4, 0.5) is 10.3 Å². The number of nitrogens with two attached hydrogens (primary N) is 1. The van der Waals surface area contributed by atoms with Crippen LogP contribution in [0, 0.1) is 18.7 Å². The number of carbonyl (C=O) groups excluding carboxylic acids is 1. The van der Waals surface area contributed by atoms with Gasteiger partial charge in [-0.2, -0.15) is 0 Å². The first-order valence-corrected chi connectivity index (χ1v) is 11.6. The Bertz CT molecular complexity index is 1260. The summed E-state index contributed by atoms with van der Waals surface area (Å²) in [5.74, 6) is 0.190. The minimum absolute atomic E-state index is 0.128. The van der Waals surface area contributed by atoms with Gasteiger partial charge in [-0.3, -0.25) is 9.78 Å². The van der Waals surface area contributed by atoms with Gasteiger partial charge in [0, 0.05) is 31.7 Å². The topological polar surface area (TPSA) is 116 Å². The van der Waals surface area contributed by atoms with Gasteiger partial charge in [0.1, 0.15) is 5.82 Å². The standard InChI is InChI=1S/C25H27FN6O3/c1-14-23-19(31-25(27)29-14)10-21(32(24(23)33)13-15-5-7-35-8-6-15)17-4-3-16(26)9-18(17)20-11-28-12-22(30-20)34-2/h3-4,9,11-12,15,21H,5-8,10,13H2,1-2H3,(H2,27,29,31)/t21-/m1/s1. The van der Waals surface area contributed by atoms with Crippen molar-refractivity contribution in [1.82, 2.24) is 24.8 Å². The smallest absolute Gasteiger partial charge is 0.258 e. The maximum absolute atomic E-state index is 14.5. The number of hydrogen-bond acceptors (Lipinski definition) is 8. The Morgan fingerprint density at radius 1 is 1.20 bits per heavy atom. The van der Waals surface area contributed by atoms with E-state index in [-0.39, 0.29) is 11.9 Å². The lowest BCUT2D eigenvalue weighted by Gasteiger charge is -2.40. The summed E-state index contributed by atoms with van der Waals surface area (Å²) in [4.78, 5) is 33.0. The van der Waals surface area contributed by atoms with Gasteiger partial charge in [0.05, 0.1) is 48.2 Å². The molecule has 0 spiro atoms. The monoisotopic (exact) mass is 478 g/mol. The molecule has 1 fully saturated rings. The summed E-state index contributed by atoms with van der Waals surface area (Å²) in [7, 11) is 1.50. The lowest BCUT2D eigenvalue weighted by atomic mass is 9.87.